The molecule has 1 aliphatic carbocycles. The van der Waals surface area contributed by atoms with Crippen LogP contribution >= 0.6 is 11.6 Å². The third-order valence-corrected chi connectivity index (χ3v) is 7.40. The molecule has 168 valence electrons. The molecule has 1 aromatic heterocycles. The normalized spacial score (nSPS) is 13.1. The van der Waals surface area contributed by atoms with Gasteiger partial charge in [-0.3, -0.25) is 0 Å². The molecule has 33 heavy (non-hydrogen) atoms. The highest BCUT2D eigenvalue weighted by molar-refractivity contribution is 7.90. The number of rotatable bonds is 4. The number of nitrogens with zero attached hydrogens (tertiary/aromatic N) is 2. The summed E-state index contributed by atoms with van der Waals surface area (Å²) in [7, 11) is -3.29. The molecule has 0 unspecified atom stereocenters. The fourth-order valence-electron chi connectivity index (χ4n) is 4.43. The summed E-state index contributed by atoms with van der Waals surface area (Å²) in [6.07, 6.45) is 1.83. The molecule has 0 spiro atoms. The number of para-hydroxylation sites is 1. The number of benzene rings is 3. The number of hydrogen-bond acceptors (Lipinski definition) is 4. The van der Waals surface area contributed by atoms with Crippen LogP contribution in [-0.4, -0.2) is 29.6 Å². The monoisotopic (exact) mass is 478 g/mol. The smallest absolute Gasteiger partial charge is 0.175 e. The summed E-state index contributed by atoms with van der Waals surface area (Å²) in [6.45, 7) is 3.47. The summed E-state index contributed by atoms with van der Waals surface area (Å²) in [5.74, 6) is 0. The summed E-state index contributed by atoms with van der Waals surface area (Å²) in [5, 5.41) is 16.2. The summed E-state index contributed by atoms with van der Waals surface area (Å²) in [6, 6.07) is 20.6. The van der Waals surface area contributed by atoms with Gasteiger partial charge in [0, 0.05) is 23.8 Å². The number of aliphatic hydroxyl groups is 1. The van der Waals surface area contributed by atoms with Crippen LogP contribution in [-0.2, 0) is 21.9 Å². The Hall–Kier alpha value is -2.93. The topological polar surface area (TPSA) is 72.2 Å². The predicted molar refractivity (Wildman–Crippen MR) is 131 cm³/mol. The van der Waals surface area contributed by atoms with Gasteiger partial charge in [-0.25, -0.2) is 13.1 Å². The maximum Gasteiger partial charge on any atom is 0.175 e. The van der Waals surface area contributed by atoms with Crippen molar-refractivity contribution in [3.63, 3.8) is 0 Å². The molecular weight excluding hydrogens is 456 g/mol. The first-order valence-electron chi connectivity index (χ1n) is 10.6. The Morgan fingerprint density at radius 2 is 1.73 bits per heavy atom. The van der Waals surface area contributed by atoms with Crippen molar-refractivity contribution < 1.29 is 13.5 Å². The fourth-order valence-corrected chi connectivity index (χ4v) is 5.31. The minimum Gasteiger partial charge on any atom is -0.384 e. The Bertz CT molecular complexity index is 1520. The minimum absolute atomic E-state index is 0.294. The van der Waals surface area contributed by atoms with Crippen LogP contribution in [0.5, 0.6) is 0 Å². The van der Waals surface area contributed by atoms with E-state index in [1.807, 2.05) is 47.1 Å². The molecule has 1 aliphatic rings. The predicted octanol–water partition coefficient (Wildman–Crippen LogP) is 5.39. The SMILES string of the molecule is CC(C)(O)c1nn(-c2ccccc2Cl)c2c1Cc1cc(-c3cccc(S(C)(=O)=O)c3)ccc1-2. The van der Waals surface area contributed by atoms with Gasteiger partial charge in [0.1, 0.15) is 5.60 Å². The van der Waals surface area contributed by atoms with Gasteiger partial charge in [-0.2, -0.15) is 5.10 Å². The van der Waals surface area contributed by atoms with E-state index in [0.717, 1.165) is 39.2 Å². The highest BCUT2D eigenvalue weighted by Gasteiger charge is 2.34. The van der Waals surface area contributed by atoms with Crippen molar-refractivity contribution in [1.82, 2.24) is 9.78 Å². The molecule has 5 rings (SSSR count). The summed E-state index contributed by atoms with van der Waals surface area (Å²) in [5.41, 5.74) is 6.04. The van der Waals surface area contributed by atoms with E-state index >= 15 is 0 Å². The zero-order valence-electron chi connectivity index (χ0n) is 18.5. The molecular formula is C26H23ClN2O3S. The average molecular weight is 479 g/mol. The first-order valence-corrected chi connectivity index (χ1v) is 12.8. The molecule has 0 aliphatic heterocycles. The van der Waals surface area contributed by atoms with E-state index in [0.29, 0.717) is 22.0 Å². The number of aromatic nitrogens is 2. The van der Waals surface area contributed by atoms with E-state index in [-0.39, 0.29) is 0 Å². The molecule has 0 amide bonds. The van der Waals surface area contributed by atoms with E-state index in [9.17, 15) is 13.5 Å². The summed E-state index contributed by atoms with van der Waals surface area (Å²) >= 11 is 6.50. The van der Waals surface area contributed by atoms with Crippen LogP contribution in [0.15, 0.2) is 71.6 Å². The van der Waals surface area contributed by atoms with Gasteiger partial charge < -0.3 is 5.11 Å². The van der Waals surface area contributed by atoms with Crippen molar-refractivity contribution in [2.45, 2.75) is 30.8 Å². The molecule has 5 nitrogen and oxygen atoms in total. The second-order valence-corrected chi connectivity index (χ2v) is 11.4. The third-order valence-electron chi connectivity index (χ3n) is 5.97. The Balaban J connectivity index is 1.67. The summed E-state index contributed by atoms with van der Waals surface area (Å²) in [4.78, 5) is 0.294. The maximum atomic E-state index is 12.0. The van der Waals surface area contributed by atoms with Crippen LogP contribution in [0.1, 0.15) is 30.7 Å². The molecule has 3 aromatic carbocycles. The van der Waals surface area contributed by atoms with E-state index in [2.05, 4.69) is 6.07 Å². The van der Waals surface area contributed by atoms with E-state index in [1.165, 1.54) is 6.26 Å². The molecule has 0 radical (unpaired) electrons. The van der Waals surface area contributed by atoms with Crippen LogP contribution in [0.25, 0.3) is 28.1 Å². The van der Waals surface area contributed by atoms with Crippen LogP contribution in [0.4, 0.5) is 0 Å². The first kappa shape index (κ1) is 21.9. The average Bonchev–Trinajstić information content (AvgIpc) is 3.30. The zero-order chi connectivity index (χ0) is 23.5. The molecule has 4 aromatic rings. The molecule has 1 N–H and O–H groups in total. The van der Waals surface area contributed by atoms with Crippen molar-refractivity contribution in [2.75, 3.05) is 6.26 Å². The van der Waals surface area contributed by atoms with Crippen molar-refractivity contribution >= 4 is 21.4 Å². The Morgan fingerprint density at radius 3 is 2.42 bits per heavy atom. The third kappa shape index (κ3) is 3.78. The van der Waals surface area contributed by atoms with Crippen molar-refractivity contribution in [2.24, 2.45) is 0 Å². The van der Waals surface area contributed by atoms with Crippen molar-refractivity contribution in [1.29, 1.82) is 0 Å². The lowest BCUT2D eigenvalue weighted by atomic mass is 9.98. The van der Waals surface area contributed by atoms with Gasteiger partial charge in [-0.1, -0.05) is 54.1 Å². The highest BCUT2D eigenvalue weighted by Crippen LogP contribution is 2.44. The molecule has 0 saturated heterocycles. The van der Waals surface area contributed by atoms with Gasteiger partial charge in [-0.05, 0) is 54.8 Å². The van der Waals surface area contributed by atoms with Crippen LogP contribution < -0.4 is 0 Å². The molecule has 0 saturated carbocycles. The van der Waals surface area contributed by atoms with Crippen molar-refractivity contribution in [3.8, 4) is 28.1 Å². The van der Waals surface area contributed by atoms with E-state index in [4.69, 9.17) is 16.7 Å². The standard InChI is InChI=1S/C26H23ClN2O3S/c1-26(2,30)25-21-15-18-13-17(16-7-6-8-19(14-16)33(3,31)32)11-12-20(18)24(21)29(28-25)23-10-5-4-9-22(23)27/h4-14,30H,15H2,1-3H3. The van der Waals surface area contributed by atoms with Gasteiger partial charge >= 0.3 is 0 Å². The first-order chi connectivity index (χ1) is 15.5. The largest absolute Gasteiger partial charge is 0.384 e. The Kier molecular flexibility index (Phi) is 5.01. The van der Waals surface area contributed by atoms with E-state index in [1.54, 1.807) is 32.0 Å². The number of fused-ring (bicyclic) bond motifs is 3. The second kappa shape index (κ2) is 7.55. The molecule has 0 fully saturated rings. The van der Waals surface area contributed by atoms with Gasteiger partial charge in [0.25, 0.3) is 0 Å². The highest BCUT2D eigenvalue weighted by atomic mass is 35.5. The summed E-state index contributed by atoms with van der Waals surface area (Å²) < 4.78 is 25.8. The maximum absolute atomic E-state index is 12.0. The Morgan fingerprint density at radius 1 is 1.00 bits per heavy atom. The lowest BCUT2D eigenvalue weighted by Crippen LogP contribution is -2.18. The van der Waals surface area contributed by atoms with Gasteiger partial charge in [0.15, 0.2) is 9.84 Å². The molecule has 1 heterocycles. The van der Waals surface area contributed by atoms with Gasteiger partial charge in [0.2, 0.25) is 0 Å². The second-order valence-electron chi connectivity index (χ2n) is 8.95. The van der Waals surface area contributed by atoms with Crippen molar-refractivity contribution in [3.05, 3.63) is 88.6 Å². The number of halogens is 1. The van der Waals surface area contributed by atoms with Gasteiger partial charge in [0.05, 0.1) is 27.0 Å². The number of sulfone groups is 1. The van der Waals surface area contributed by atoms with E-state index < -0.39 is 15.4 Å². The molecule has 0 bridgehead atoms. The van der Waals surface area contributed by atoms with Gasteiger partial charge in [-0.15, -0.1) is 0 Å². The molecule has 7 heteroatoms. The quantitative estimate of drug-likeness (QED) is 0.375. The number of hydrogen-bond donors (Lipinski definition) is 1. The Labute approximate surface area is 198 Å². The minimum atomic E-state index is -3.29. The van der Waals surface area contributed by atoms with Crippen LogP contribution in [0, 0.1) is 0 Å². The fraction of sp³-hybridized carbons (Fsp3) is 0.192. The van der Waals surface area contributed by atoms with Crippen LogP contribution in [0.3, 0.4) is 0 Å². The molecule has 0 atom stereocenters. The zero-order valence-corrected chi connectivity index (χ0v) is 20.1. The lowest BCUT2D eigenvalue weighted by molar-refractivity contribution is 0.0726. The van der Waals surface area contributed by atoms with Crippen LogP contribution in [0.2, 0.25) is 5.02 Å². The lowest BCUT2D eigenvalue weighted by Gasteiger charge is -2.16.